The number of benzene rings is 2. The van der Waals surface area contributed by atoms with E-state index in [-0.39, 0.29) is 6.10 Å². The van der Waals surface area contributed by atoms with Gasteiger partial charge < -0.3 is 15.2 Å². The van der Waals surface area contributed by atoms with E-state index in [1.807, 2.05) is 56.3 Å². The molecule has 2 rings (SSSR count). The van der Waals surface area contributed by atoms with Crippen LogP contribution in [0.4, 0.5) is 0 Å². The largest absolute Gasteiger partial charge is 0.489 e. The number of hydrogen-bond acceptors (Lipinski definition) is 3. The number of aliphatic hydroxyl groups excluding tert-OH is 1. The van der Waals surface area contributed by atoms with Crippen LogP contribution < -0.4 is 10.1 Å². The second-order valence-electron chi connectivity index (χ2n) is 5.61. The lowest BCUT2D eigenvalue weighted by atomic mass is 10.1. The van der Waals surface area contributed by atoms with E-state index in [0.29, 0.717) is 13.1 Å². The Bertz CT molecular complexity index is 609. The zero-order valence-corrected chi connectivity index (χ0v) is 16.4. The van der Waals surface area contributed by atoms with Crippen molar-refractivity contribution in [2.24, 2.45) is 0 Å². The van der Waals surface area contributed by atoms with Crippen molar-refractivity contribution in [1.82, 2.24) is 5.32 Å². The van der Waals surface area contributed by atoms with Crippen LogP contribution in [0.3, 0.4) is 0 Å². The maximum absolute atomic E-state index is 10.1. The summed E-state index contributed by atoms with van der Waals surface area (Å²) in [5, 5.41) is 13.4. The molecule has 0 radical (unpaired) electrons. The summed E-state index contributed by atoms with van der Waals surface area (Å²) >= 11 is 7.10. The minimum absolute atomic E-state index is 0.118. The van der Waals surface area contributed by atoms with E-state index in [9.17, 15) is 5.11 Å². The van der Waals surface area contributed by atoms with Crippen LogP contribution in [0.5, 0.6) is 5.75 Å². The van der Waals surface area contributed by atoms with E-state index < -0.39 is 6.10 Å². The summed E-state index contributed by atoms with van der Waals surface area (Å²) in [6, 6.07) is 13.7. The molecule has 3 nitrogen and oxygen atoms in total. The first-order valence-corrected chi connectivity index (χ1v) is 9.14. The molecule has 0 aromatic heterocycles. The molecule has 5 heteroatoms. The Hall–Kier alpha value is -0.880. The van der Waals surface area contributed by atoms with Crippen LogP contribution in [0.1, 0.15) is 31.1 Å². The van der Waals surface area contributed by atoms with E-state index in [1.54, 1.807) is 0 Å². The first kappa shape index (κ1) is 18.5. The summed E-state index contributed by atoms with van der Waals surface area (Å²) in [4.78, 5) is 0. The lowest BCUT2D eigenvalue weighted by molar-refractivity contribution is 0.174. The topological polar surface area (TPSA) is 41.5 Å². The van der Waals surface area contributed by atoms with Gasteiger partial charge in [0.25, 0.3) is 0 Å². The molecular weight excluding hydrogens is 422 g/mol. The third kappa shape index (κ3) is 5.60. The van der Waals surface area contributed by atoms with Crippen LogP contribution in [0.2, 0.25) is 0 Å². The molecule has 2 N–H and O–H groups in total. The molecule has 0 aliphatic carbocycles. The lowest BCUT2D eigenvalue weighted by Gasteiger charge is -2.16. The van der Waals surface area contributed by atoms with Crippen molar-refractivity contribution in [2.45, 2.75) is 32.6 Å². The van der Waals surface area contributed by atoms with Crippen LogP contribution in [-0.2, 0) is 6.54 Å². The van der Waals surface area contributed by atoms with E-state index in [4.69, 9.17) is 4.74 Å². The fraction of sp³-hybridized carbons (Fsp3) is 0.333. The standard InChI is InChI=1S/C18H21Br2NO2/c1-12(2)23-18-15(19)8-13(9-16(18)20)10-21-11-17(22)14-6-4-3-5-7-14/h3-9,12,17,21-22H,10-11H2,1-2H3/t17-/m1/s1. The molecule has 0 saturated carbocycles. The van der Waals surface area contributed by atoms with Crippen molar-refractivity contribution in [3.63, 3.8) is 0 Å². The van der Waals surface area contributed by atoms with Gasteiger partial charge in [-0.05, 0) is 69.0 Å². The van der Waals surface area contributed by atoms with E-state index >= 15 is 0 Å². The van der Waals surface area contributed by atoms with Crippen LogP contribution >= 0.6 is 31.9 Å². The molecule has 124 valence electrons. The molecule has 2 aromatic rings. The zero-order chi connectivity index (χ0) is 16.8. The molecule has 0 bridgehead atoms. The van der Waals surface area contributed by atoms with E-state index in [1.165, 1.54) is 0 Å². The Morgan fingerprint density at radius 1 is 1.09 bits per heavy atom. The fourth-order valence-corrected chi connectivity index (χ4v) is 3.68. The normalized spacial score (nSPS) is 12.4. The van der Waals surface area contributed by atoms with Gasteiger partial charge >= 0.3 is 0 Å². The van der Waals surface area contributed by atoms with Gasteiger partial charge in [0.05, 0.1) is 21.2 Å². The summed E-state index contributed by atoms with van der Waals surface area (Å²) < 4.78 is 7.61. The van der Waals surface area contributed by atoms with Crippen LogP contribution in [0, 0.1) is 0 Å². The summed E-state index contributed by atoms with van der Waals surface area (Å²) in [6.45, 7) is 5.17. The quantitative estimate of drug-likeness (QED) is 0.645. The number of hydrogen-bond donors (Lipinski definition) is 2. The maximum Gasteiger partial charge on any atom is 0.148 e. The molecule has 0 spiro atoms. The molecule has 23 heavy (non-hydrogen) atoms. The average Bonchev–Trinajstić information content (AvgIpc) is 2.51. The summed E-state index contributed by atoms with van der Waals surface area (Å²) in [7, 11) is 0. The minimum atomic E-state index is -0.508. The molecule has 0 amide bonds. The first-order valence-electron chi connectivity index (χ1n) is 7.55. The number of halogens is 2. The second-order valence-corrected chi connectivity index (χ2v) is 7.32. The highest BCUT2D eigenvalue weighted by Crippen LogP contribution is 2.35. The third-order valence-electron chi connectivity index (χ3n) is 3.26. The highest BCUT2D eigenvalue weighted by Gasteiger charge is 2.11. The number of rotatable bonds is 7. The average molecular weight is 443 g/mol. The van der Waals surface area contributed by atoms with Gasteiger partial charge in [-0.25, -0.2) is 0 Å². The third-order valence-corrected chi connectivity index (χ3v) is 4.44. The fourth-order valence-electron chi connectivity index (χ4n) is 2.21. The van der Waals surface area contributed by atoms with Crippen LogP contribution in [-0.4, -0.2) is 17.8 Å². The Kier molecular flexibility index (Phi) is 7.09. The SMILES string of the molecule is CC(C)Oc1c(Br)cc(CNC[C@@H](O)c2ccccc2)cc1Br. The molecule has 0 fully saturated rings. The first-order chi connectivity index (χ1) is 11.0. The smallest absolute Gasteiger partial charge is 0.148 e. The van der Waals surface area contributed by atoms with Crippen molar-refractivity contribution in [2.75, 3.05) is 6.54 Å². The second kappa shape index (κ2) is 8.83. The van der Waals surface area contributed by atoms with Gasteiger partial charge in [-0.2, -0.15) is 0 Å². The van der Waals surface area contributed by atoms with Gasteiger partial charge in [0.2, 0.25) is 0 Å². The van der Waals surface area contributed by atoms with Crippen molar-refractivity contribution >= 4 is 31.9 Å². The van der Waals surface area contributed by atoms with Crippen molar-refractivity contribution in [1.29, 1.82) is 0 Å². The Morgan fingerprint density at radius 3 is 2.26 bits per heavy atom. The van der Waals surface area contributed by atoms with Crippen molar-refractivity contribution in [3.05, 3.63) is 62.5 Å². The minimum Gasteiger partial charge on any atom is -0.489 e. The Labute approximate surface area is 154 Å². The van der Waals surface area contributed by atoms with Crippen LogP contribution in [0.25, 0.3) is 0 Å². The maximum atomic E-state index is 10.1. The highest BCUT2D eigenvalue weighted by molar-refractivity contribution is 9.11. The van der Waals surface area contributed by atoms with Gasteiger partial charge in [-0.3, -0.25) is 0 Å². The van der Waals surface area contributed by atoms with Gasteiger partial charge in [-0.1, -0.05) is 30.3 Å². The van der Waals surface area contributed by atoms with E-state index in [2.05, 4.69) is 37.2 Å². The monoisotopic (exact) mass is 441 g/mol. The number of ether oxygens (including phenoxy) is 1. The molecule has 2 aromatic carbocycles. The predicted molar refractivity (Wildman–Crippen MR) is 101 cm³/mol. The Morgan fingerprint density at radius 2 is 1.70 bits per heavy atom. The highest BCUT2D eigenvalue weighted by atomic mass is 79.9. The number of nitrogens with one attached hydrogen (secondary N) is 1. The Balaban J connectivity index is 1.93. The van der Waals surface area contributed by atoms with E-state index in [0.717, 1.165) is 25.8 Å². The van der Waals surface area contributed by atoms with Crippen molar-refractivity contribution in [3.8, 4) is 5.75 Å². The molecule has 0 heterocycles. The molecular formula is C18H21Br2NO2. The summed E-state index contributed by atoms with van der Waals surface area (Å²) in [6.07, 6.45) is -0.390. The molecule has 1 atom stereocenters. The van der Waals surface area contributed by atoms with Gasteiger partial charge in [0.1, 0.15) is 5.75 Å². The van der Waals surface area contributed by atoms with Crippen LogP contribution in [0.15, 0.2) is 51.4 Å². The summed E-state index contributed by atoms with van der Waals surface area (Å²) in [5.74, 6) is 0.813. The summed E-state index contributed by atoms with van der Waals surface area (Å²) in [5.41, 5.74) is 2.03. The lowest BCUT2D eigenvalue weighted by Crippen LogP contribution is -2.21. The zero-order valence-electron chi connectivity index (χ0n) is 13.2. The molecule has 0 unspecified atom stereocenters. The van der Waals surface area contributed by atoms with Crippen molar-refractivity contribution < 1.29 is 9.84 Å². The molecule has 0 aliphatic rings. The van der Waals surface area contributed by atoms with Gasteiger partial charge in [0, 0.05) is 13.1 Å². The van der Waals surface area contributed by atoms with Gasteiger partial charge in [0.15, 0.2) is 0 Å². The van der Waals surface area contributed by atoms with Gasteiger partial charge in [-0.15, -0.1) is 0 Å². The number of aliphatic hydroxyl groups is 1. The predicted octanol–water partition coefficient (Wildman–Crippen LogP) is 4.82. The molecule has 0 aliphatic heterocycles. The molecule has 0 saturated heterocycles.